The van der Waals surface area contributed by atoms with Gasteiger partial charge >= 0.3 is 6.03 Å². The third kappa shape index (κ3) is 9.32. The highest BCUT2D eigenvalue weighted by Gasteiger charge is 2.33. The number of nitrogens with zero attached hydrogens (tertiary/aromatic N) is 2. The van der Waals surface area contributed by atoms with Gasteiger partial charge in [0.25, 0.3) is 5.91 Å². The molecule has 0 bridgehead atoms. The van der Waals surface area contributed by atoms with Crippen LogP contribution in [0.3, 0.4) is 0 Å². The molecule has 0 radical (unpaired) electrons. The summed E-state index contributed by atoms with van der Waals surface area (Å²) >= 11 is 1.13. The molecule has 2 atom stereocenters. The molecule has 4 N–H and O–H groups in total. The van der Waals surface area contributed by atoms with Gasteiger partial charge in [-0.2, -0.15) is 0 Å². The molecule has 1 fully saturated rings. The molecule has 47 heavy (non-hydrogen) atoms. The number of nitrogens with one attached hydrogen (secondary N) is 3. The molecule has 12 heteroatoms. The molecule has 0 aromatic heterocycles. The molecule has 5 rings (SSSR count). The number of carbonyl (C=O) groups excluding carboxylic acids is 3. The Balaban J connectivity index is 1.31. The molecule has 0 aliphatic carbocycles. The topological polar surface area (TPSA) is 123 Å². The quantitative estimate of drug-likeness (QED) is 0.251. The standard InChI is InChI=1S/C35H42FN5O5S/c1-23(42)20-37-35(2,3)19-31(43)39-32-33(44)41(22-26-12-13-27(36)18-30(26)47-32)21-24-8-10-25(11-9-24)28-6-4-5-7-29(28)38-34(45)40-14-16-46-17-15-40/h4-13,18,23,32,37,42H,14-17,19-22H2,1-3H3,(H,38,45)(H,39,43)/t23-,32-/m1/s1. The Morgan fingerprint density at radius 2 is 1.81 bits per heavy atom. The molecule has 250 valence electrons. The van der Waals surface area contributed by atoms with Crippen LogP contribution in [-0.2, 0) is 27.4 Å². The minimum Gasteiger partial charge on any atom is -0.392 e. The Labute approximate surface area is 279 Å². The number of benzene rings is 3. The summed E-state index contributed by atoms with van der Waals surface area (Å²) in [6.45, 7) is 8.35. The van der Waals surface area contributed by atoms with Crippen molar-refractivity contribution in [1.82, 2.24) is 20.4 Å². The number of anilines is 1. The van der Waals surface area contributed by atoms with Gasteiger partial charge in [-0.1, -0.05) is 60.3 Å². The maximum Gasteiger partial charge on any atom is 0.322 e. The summed E-state index contributed by atoms with van der Waals surface area (Å²) in [4.78, 5) is 43.9. The summed E-state index contributed by atoms with van der Waals surface area (Å²) in [6.07, 6.45) is -0.489. The van der Waals surface area contributed by atoms with Crippen LogP contribution in [0.5, 0.6) is 0 Å². The van der Waals surface area contributed by atoms with Crippen LogP contribution in [0.25, 0.3) is 11.1 Å². The fourth-order valence-corrected chi connectivity index (χ4v) is 6.68. The molecular weight excluding hydrogens is 621 g/mol. The maximum absolute atomic E-state index is 14.2. The zero-order valence-corrected chi connectivity index (χ0v) is 27.7. The van der Waals surface area contributed by atoms with Gasteiger partial charge in [-0.05, 0) is 55.7 Å². The molecule has 0 unspecified atom stereocenters. The van der Waals surface area contributed by atoms with Gasteiger partial charge in [0.1, 0.15) is 5.82 Å². The second-order valence-electron chi connectivity index (χ2n) is 12.6. The number of halogens is 1. The van der Waals surface area contributed by atoms with Crippen molar-refractivity contribution in [2.24, 2.45) is 0 Å². The van der Waals surface area contributed by atoms with E-state index in [2.05, 4.69) is 16.0 Å². The van der Waals surface area contributed by atoms with E-state index in [4.69, 9.17) is 4.74 Å². The zero-order chi connectivity index (χ0) is 33.6. The summed E-state index contributed by atoms with van der Waals surface area (Å²) in [5.41, 5.74) is 3.52. The number of aliphatic hydroxyl groups is 1. The largest absolute Gasteiger partial charge is 0.392 e. The van der Waals surface area contributed by atoms with Crippen molar-refractivity contribution in [3.63, 3.8) is 0 Å². The second kappa shape index (κ2) is 15.3. The van der Waals surface area contributed by atoms with Crippen LogP contribution in [0.15, 0.2) is 71.6 Å². The third-order valence-corrected chi connectivity index (χ3v) is 9.24. The lowest BCUT2D eigenvalue weighted by atomic mass is 10.00. The van der Waals surface area contributed by atoms with Crippen molar-refractivity contribution >= 4 is 35.3 Å². The Hall–Kier alpha value is -3.97. The summed E-state index contributed by atoms with van der Waals surface area (Å²) in [7, 11) is 0. The summed E-state index contributed by atoms with van der Waals surface area (Å²) in [6, 6.07) is 19.7. The lowest BCUT2D eigenvalue weighted by Gasteiger charge is -2.28. The van der Waals surface area contributed by atoms with E-state index in [9.17, 15) is 23.9 Å². The van der Waals surface area contributed by atoms with Gasteiger partial charge in [0.2, 0.25) is 5.91 Å². The number of rotatable bonds is 10. The fraction of sp³-hybridized carbons (Fsp3) is 0.400. The molecular formula is C35H42FN5O5S. The van der Waals surface area contributed by atoms with Gasteiger partial charge < -0.3 is 35.6 Å². The Bertz CT molecular complexity index is 1580. The van der Waals surface area contributed by atoms with Crippen molar-refractivity contribution < 1.29 is 28.6 Å². The van der Waals surface area contributed by atoms with E-state index < -0.39 is 22.8 Å². The summed E-state index contributed by atoms with van der Waals surface area (Å²) in [5, 5.41) is 17.8. The van der Waals surface area contributed by atoms with Crippen molar-refractivity contribution in [3.05, 3.63) is 83.7 Å². The number of thioether (sulfide) groups is 1. The Morgan fingerprint density at radius 3 is 2.53 bits per heavy atom. The lowest BCUT2D eigenvalue weighted by Crippen LogP contribution is -2.50. The molecule has 10 nitrogen and oxygen atoms in total. The van der Waals surface area contributed by atoms with Crippen LogP contribution in [0, 0.1) is 5.82 Å². The van der Waals surface area contributed by atoms with Gasteiger partial charge in [-0.3, -0.25) is 9.59 Å². The maximum atomic E-state index is 14.2. The van der Waals surface area contributed by atoms with Crippen molar-refractivity contribution in [3.8, 4) is 11.1 Å². The summed E-state index contributed by atoms with van der Waals surface area (Å²) in [5.74, 6) is -1.03. The predicted octanol–water partition coefficient (Wildman–Crippen LogP) is 4.57. The minimum atomic E-state index is -0.945. The highest BCUT2D eigenvalue weighted by molar-refractivity contribution is 8.00. The Kier molecular flexibility index (Phi) is 11.2. The van der Waals surface area contributed by atoms with Crippen LogP contribution in [-0.4, -0.2) is 82.6 Å². The number of hydrogen-bond donors (Lipinski definition) is 4. The second-order valence-corrected chi connectivity index (χ2v) is 13.7. The van der Waals surface area contributed by atoms with Gasteiger partial charge in [0, 0.05) is 55.1 Å². The predicted molar refractivity (Wildman–Crippen MR) is 180 cm³/mol. The number of fused-ring (bicyclic) bond motifs is 1. The molecule has 2 aliphatic rings. The van der Waals surface area contributed by atoms with Crippen molar-refractivity contribution in [2.45, 2.75) is 62.2 Å². The monoisotopic (exact) mass is 663 g/mol. The number of urea groups is 1. The molecule has 4 amide bonds. The highest BCUT2D eigenvalue weighted by atomic mass is 32.2. The number of carbonyl (C=O) groups is 3. The van der Waals surface area contributed by atoms with E-state index in [0.29, 0.717) is 43.4 Å². The van der Waals surface area contributed by atoms with Crippen LogP contribution in [0.1, 0.15) is 38.3 Å². The van der Waals surface area contributed by atoms with Gasteiger partial charge in [-0.25, -0.2) is 9.18 Å². The van der Waals surface area contributed by atoms with E-state index in [-0.39, 0.29) is 37.4 Å². The normalized spacial score (nSPS) is 17.5. The molecule has 0 saturated carbocycles. The first-order valence-corrected chi connectivity index (χ1v) is 16.6. The van der Waals surface area contributed by atoms with Gasteiger partial charge in [-0.15, -0.1) is 0 Å². The Morgan fingerprint density at radius 1 is 1.09 bits per heavy atom. The first-order chi connectivity index (χ1) is 22.5. The van der Waals surface area contributed by atoms with Crippen LogP contribution >= 0.6 is 11.8 Å². The first kappa shape index (κ1) is 34.4. The summed E-state index contributed by atoms with van der Waals surface area (Å²) < 4.78 is 19.6. The number of ether oxygens (including phenoxy) is 1. The zero-order valence-electron chi connectivity index (χ0n) is 26.9. The fourth-order valence-electron chi connectivity index (χ4n) is 5.52. The van der Waals surface area contributed by atoms with E-state index in [1.165, 1.54) is 12.1 Å². The number of aliphatic hydroxyl groups excluding tert-OH is 1. The van der Waals surface area contributed by atoms with E-state index in [1.54, 1.807) is 22.8 Å². The number of β-amino-alcohol motifs (C(OH)–C–C–N with tert-alkyl or cyclic N) is 1. The van der Waals surface area contributed by atoms with Crippen LogP contribution in [0.4, 0.5) is 14.9 Å². The van der Waals surface area contributed by atoms with Gasteiger partial charge in [0.05, 0.1) is 25.0 Å². The lowest BCUT2D eigenvalue weighted by molar-refractivity contribution is -0.135. The molecule has 2 aliphatic heterocycles. The van der Waals surface area contributed by atoms with Gasteiger partial charge in [0.15, 0.2) is 5.37 Å². The van der Waals surface area contributed by atoms with E-state index in [1.807, 2.05) is 62.4 Å². The minimum absolute atomic E-state index is 0.0793. The average Bonchev–Trinajstić information content (AvgIpc) is 3.16. The molecule has 1 saturated heterocycles. The van der Waals surface area contributed by atoms with E-state index in [0.717, 1.165) is 34.0 Å². The molecule has 3 aromatic carbocycles. The molecule has 2 heterocycles. The van der Waals surface area contributed by atoms with Crippen LogP contribution in [0.2, 0.25) is 0 Å². The molecule has 3 aromatic rings. The highest BCUT2D eigenvalue weighted by Crippen LogP contribution is 2.34. The van der Waals surface area contributed by atoms with Crippen molar-refractivity contribution in [2.75, 3.05) is 38.2 Å². The average molecular weight is 664 g/mol. The smallest absolute Gasteiger partial charge is 0.322 e. The van der Waals surface area contributed by atoms with E-state index >= 15 is 0 Å². The number of morpholine rings is 1. The molecule has 0 spiro atoms. The van der Waals surface area contributed by atoms with Crippen molar-refractivity contribution in [1.29, 1.82) is 0 Å². The van der Waals surface area contributed by atoms with Crippen LogP contribution < -0.4 is 16.0 Å². The number of para-hydroxylation sites is 1. The SMILES string of the molecule is C[C@@H](O)CNC(C)(C)CC(=O)N[C@@H]1Sc2cc(F)ccc2CN(Cc2ccc(-c3ccccc3NC(=O)N3CCOCC3)cc2)C1=O. The third-order valence-electron chi connectivity index (χ3n) is 8.05. The number of amides is 4. The first-order valence-electron chi connectivity index (χ1n) is 15.8. The number of hydrogen-bond acceptors (Lipinski definition) is 7.